The van der Waals surface area contributed by atoms with Crippen molar-refractivity contribution in [2.75, 3.05) is 0 Å². The standard InChI is InChI=1S/C13H15F2N/c1-5-13(3,4)16-9(2)11-8-10(14)6-7-12(11)15/h1,6-9,16H,2-4H3. The van der Waals surface area contributed by atoms with Crippen molar-refractivity contribution < 1.29 is 8.78 Å². The van der Waals surface area contributed by atoms with Crippen LogP contribution in [-0.2, 0) is 0 Å². The fourth-order valence-electron chi connectivity index (χ4n) is 1.51. The third-order valence-electron chi connectivity index (χ3n) is 2.36. The van der Waals surface area contributed by atoms with E-state index in [1.165, 1.54) is 6.07 Å². The zero-order valence-electron chi connectivity index (χ0n) is 9.64. The first-order valence-corrected chi connectivity index (χ1v) is 5.06. The van der Waals surface area contributed by atoms with Crippen LogP contribution in [0.25, 0.3) is 0 Å². The van der Waals surface area contributed by atoms with Gasteiger partial charge in [-0.1, -0.05) is 5.92 Å². The van der Waals surface area contributed by atoms with Crippen molar-refractivity contribution >= 4 is 0 Å². The number of terminal acetylenes is 1. The van der Waals surface area contributed by atoms with Crippen LogP contribution in [0.5, 0.6) is 0 Å². The molecule has 0 aliphatic heterocycles. The van der Waals surface area contributed by atoms with Gasteiger partial charge in [-0.3, -0.25) is 5.32 Å². The van der Waals surface area contributed by atoms with E-state index in [0.717, 1.165) is 12.1 Å². The van der Waals surface area contributed by atoms with E-state index in [-0.39, 0.29) is 11.6 Å². The van der Waals surface area contributed by atoms with Crippen molar-refractivity contribution in [3.05, 3.63) is 35.4 Å². The van der Waals surface area contributed by atoms with Gasteiger partial charge in [0.25, 0.3) is 0 Å². The third kappa shape index (κ3) is 3.04. The Labute approximate surface area is 94.9 Å². The highest BCUT2D eigenvalue weighted by molar-refractivity contribution is 5.23. The molecule has 0 aromatic heterocycles. The highest BCUT2D eigenvalue weighted by atomic mass is 19.1. The predicted octanol–water partition coefficient (Wildman–Crippen LogP) is 3.03. The van der Waals surface area contributed by atoms with Crippen LogP contribution >= 0.6 is 0 Å². The largest absolute Gasteiger partial charge is 0.295 e. The molecule has 1 aromatic carbocycles. The molecule has 0 fully saturated rings. The molecule has 1 aromatic rings. The Morgan fingerprint density at radius 2 is 2.00 bits per heavy atom. The summed E-state index contributed by atoms with van der Waals surface area (Å²) in [4.78, 5) is 0. The van der Waals surface area contributed by atoms with Gasteiger partial charge in [0.2, 0.25) is 0 Å². The fourth-order valence-corrected chi connectivity index (χ4v) is 1.51. The monoisotopic (exact) mass is 223 g/mol. The maximum atomic E-state index is 13.4. The Hall–Kier alpha value is -1.40. The molecule has 0 saturated carbocycles. The summed E-state index contributed by atoms with van der Waals surface area (Å²) in [5.41, 5.74) is -0.277. The second kappa shape index (κ2) is 4.63. The molecule has 16 heavy (non-hydrogen) atoms. The van der Waals surface area contributed by atoms with Crippen LogP contribution in [0.15, 0.2) is 18.2 Å². The third-order valence-corrected chi connectivity index (χ3v) is 2.36. The maximum Gasteiger partial charge on any atom is 0.128 e. The lowest BCUT2D eigenvalue weighted by Crippen LogP contribution is -2.39. The highest BCUT2D eigenvalue weighted by Gasteiger charge is 2.20. The van der Waals surface area contributed by atoms with Gasteiger partial charge in [-0.2, -0.15) is 0 Å². The Kier molecular flexibility index (Phi) is 3.66. The molecule has 1 atom stereocenters. The van der Waals surface area contributed by atoms with Gasteiger partial charge in [0, 0.05) is 11.6 Å². The van der Waals surface area contributed by atoms with E-state index in [9.17, 15) is 8.78 Å². The van der Waals surface area contributed by atoms with Crippen LogP contribution in [-0.4, -0.2) is 5.54 Å². The average Bonchev–Trinajstić information content (AvgIpc) is 2.21. The van der Waals surface area contributed by atoms with Crippen molar-refractivity contribution in [3.8, 4) is 12.3 Å². The number of halogens is 2. The minimum Gasteiger partial charge on any atom is -0.295 e. The molecule has 0 aliphatic rings. The first-order valence-electron chi connectivity index (χ1n) is 5.06. The van der Waals surface area contributed by atoms with Gasteiger partial charge in [0.1, 0.15) is 11.6 Å². The number of hydrogen-bond donors (Lipinski definition) is 1. The number of nitrogens with one attached hydrogen (secondary N) is 1. The summed E-state index contributed by atoms with van der Waals surface area (Å²) in [6, 6.07) is 3.05. The van der Waals surface area contributed by atoms with E-state index < -0.39 is 17.2 Å². The SMILES string of the molecule is C#CC(C)(C)NC(C)c1cc(F)ccc1F. The second-order valence-electron chi connectivity index (χ2n) is 4.30. The van der Waals surface area contributed by atoms with Crippen LogP contribution in [0.3, 0.4) is 0 Å². The van der Waals surface area contributed by atoms with Gasteiger partial charge in [-0.25, -0.2) is 8.78 Å². The Morgan fingerprint density at radius 3 is 2.56 bits per heavy atom. The van der Waals surface area contributed by atoms with Crippen LogP contribution < -0.4 is 5.32 Å². The highest BCUT2D eigenvalue weighted by Crippen LogP contribution is 2.20. The molecule has 0 spiro atoms. The Bertz CT molecular complexity index is 418. The summed E-state index contributed by atoms with van der Waals surface area (Å²) in [5, 5.41) is 3.05. The van der Waals surface area contributed by atoms with Crippen molar-refractivity contribution in [1.29, 1.82) is 0 Å². The fraction of sp³-hybridized carbons (Fsp3) is 0.385. The van der Waals surface area contributed by atoms with Gasteiger partial charge < -0.3 is 0 Å². The van der Waals surface area contributed by atoms with Crippen LogP contribution in [0.1, 0.15) is 32.4 Å². The van der Waals surface area contributed by atoms with Crippen molar-refractivity contribution in [3.63, 3.8) is 0 Å². The zero-order valence-corrected chi connectivity index (χ0v) is 9.64. The molecule has 1 nitrogen and oxygen atoms in total. The zero-order chi connectivity index (χ0) is 12.3. The van der Waals surface area contributed by atoms with E-state index in [1.54, 1.807) is 20.8 Å². The second-order valence-corrected chi connectivity index (χ2v) is 4.30. The molecule has 0 amide bonds. The summed E-state index contributed by atoms with van der Waals surface area (Å²) < 4.78 is 26.4. The van der Waals surface area contributed by atoms with E-state index in [2.05, 4.69) is 11.2 Å². The summed E-state index contributed by atoms with van der Waals surface area (Å²) in [5.74, 6) is 1.66. The maximum absolute atomic E-state index is 13.4. The molecule has 86 valence electrons. The summed E-state index contributed by atoms with van der Waals surface area (Å²) >= 11 is 0. The first-order chi connectivity index (χ1) is 7.35. The van der Waals surface area contributed by atoms with Crippen molar-refractivity contribution in [1.82, 2.24) is 5.32 Å². The van der Waals surface area contributed by atoms with Crippen molar-refractivity contribution in [2.45, 2.75) is 32.4 Å². The molecule has 0 aliphatic carbocycles. The molecule has 1 N–H and O–H groups in total. The van der Waals surface area contributed by atoms with Gasteiger partial charge in [-0.05, 0) is 39.0 Å². The lowest BCUT2D eigenvalue weighted by atomic mass is 10.0. The number of hydrogen-bond acceptors (Lipinski definition) is 1. The quantitative estimate of drug-likeness (QED) is 0.777. The lowest BCUT2D eigenvalue weighted by Gasteiger charge is -2.25. The minimum atomic E-state index is -0.557. The van der Waals surface area contributed by atoms with Crippen molar-refractivity contribution in [2.24, 2.45) is 0 Å². The number of rotatable bonds is 3. The molecular weight excluding hydrogens is 208 g/mol. The van der Waals surface area contributed by atoms with Crippen LogP contribution in [0.4, 0.5) is 8.78 Å². The molecule has 1 rings (SSSR count). The Morgan fingerprint density at radius 1 is 1.38 bits per heavy atom. The van der Waals surface area contributed by atoms with Gasteiger partial charge >= 0.3 is 0 Å². The van der Waals surface area contributed by atoms with Crippen LogP contribution in [0.2, 0.25) is 0 Å². The average molecular weight is 223 g/mol. The summed E-state index contributed by atoms with van der Waals surface area (Å²) in [7, 11) is 0. The number of benzene rings is 1. The van der Waals surface area contributed by atoms with Gasteiger partial charge in [0.05, 0.1) is 5.54 Å². The Balaban J connectivity index is 2.93. The molecule has 1 unspecified atom stereocenters. The van der Waals surface area contributed by atoms with Gasteiger partial charge in [-0.15, -0.1) is 6.42 Å². The lowest BCUT2D eigenvalue weighted by molar-refractivity contribution is 0.418. The van der Waals surface area contributed by atoms with E-state index in [4.69, 9.17) is 6.42 Å². The summed E-state index contributed by atoms with van der Waals surface area (Å²) in [6.07, 6.45) is 5.32. The normalized spacial score (nSPS) is 13.2. The molecule has 0 saturated heterocycles. The minimum absolute atomic E-state index is 0.281. The molecule has 0 heterocycles. The van der Waals surface area contributed by atoms with Gasteiger partial charge in [0.15, 0.2) is 0 Å². The smallest absolute Gasteiger partial charge is 0.128 e. The molecular formula is C13H15F2N. The molecule has 3 heteroatoms. The van der Waals surface area contributed by atoms with E-state index >= 15 is 0 Å². The topological polar surface area (TPSA) is 12.0 Å². The molecule has 0 bridgehead atoms. The predicted molar refractivity (Wildman–Crippen MR) is 60.8 cm³/mol. The summed E-state index contributed by atoms with van der Waals surface area (Å²) in [6.45, 7) is 5.36. The van der Waals surface area contributed by atoms with E-state index in [1.807, 2.05) is 0 Å². The van der Waals surface area contributed by atoms with E-state index in [0.29, 0.717) is 0 Å². The molecule has 0 radical (unpaired) electrons. The first kappa shape index (κ1) is 12.7. The van der Waals surface area contributed by atoms with Crippen LogP contribution in [0, 0.1) is 24.0 Å².